The fraction of sp³-hybridized carbons (Fsp3) is 0.481. The standard InChI is InChI=1S/C27H32N2O4/c1-32-22-7-3-20(4-8-22)28-25(30)24(26(31)29-21-5-9-23(33-2)10-6-21)27-14-17-11-18(15-27)13-19(12-17)16-27/h3-10,17-19,24H,11-16H2,1-2H3,(H,28,30)(H,29,31). The first-order chi connectivity index (χ1) is 16.0. The molecule has 0 saturated heterocycles. The van der Waals surface area contributed by atoms with Crippen LogP contribution in [0, 0.1) is 29.1 Å². The average Bonchev–Trinajstić information content (AvgIpc) is 2.79. The Hall–Kier alpha value is -3.02. The van der Waals surface area contributed by atoms with Crippen LogP contribution in [0.4, 0.5) is 11.4 Å². The summed E-state index contributed by atoms with van der Waals surface area (Å²) in [6.45, 7) is 0. The monoisotopic (exact) mass is 448 g/mol. The number of hydrogen-bond acceptors (Lipinski definition) is 4. The lowest BCUT2D eigenvalue weighted by molar-refractivity contribution is -0.147. The molecule has 4 aliphatic rings. The van der Waals surface area contributed by atoms with Gasteiger partial charge in [0.05, 0.1) is 14.2 Å². The Kier molecular flexibility index (Phi) is 5.77. The van der Waals surface area contributed by atoms with Crippen LogP contribution >= 0.6 is 0 Å². The number of methoxy groups -OCH3 is 2. The van der Waals surface area contributed by atoms with Crippen LogP contribution < -0.4 is 20.1 Å². The molecule has 0 spiro atoms. The van der Waals surface area contributed by atoms with Crippen molar-refractivity contribution in [1.82, 2.24) is 0 Å². The van der Waals surface area contributed by atoms with Gasteiger partial charge in [-0.1, -0.05) is 0 Å². The van der Waals surface area contributed by atoms with Gasteiger partial charge in [0.15, 0.2) is 0 Å². The highest BCUT2D eigenvalue weighted by Gasteiger charge is 2.58. The van der Waals surface area contributed by atoms with E-state index in [-0.39, 0.29) is 17.2 Å². The molecule has 4 aliphatic carbocycles. The molecular weight excluding hydrogens is 416 g/mol. The van der Waals surface area contributed by atoms with Gasteiger partial charge in [0.1, 0.15) is 17.4 Å². The zero-order valence-electron chi connectivity index (χ0n) is 19.3. The van der Waals surface area contributed by atoms with E-state index in [1.165, 1.54) is 19.3 Å². The van der Waals surface area contributed by atoms with E-state index in [1.54, 1.807) is 14.2 Å². The highest BCUT2D eigenvalue weighted by Crippen LogP contribution is 2.63. The van der Waals surface area contributed by atoms with Gasteiger partial charge in [-0.15, -0.1) is 0 Å². The van der Waals surface area contributed by atoms with Gasteiger partial charge in [-0.05, 0) is 110 Å². The summed E-state index contributed by atoms with van der Waals surface area (Å²) in [5.41, 5.74) is 1.09. The molecule has 4 bridgehead atoms. The molecule has 4 fully saturated rings. The van der Waals surface area contributed by atoms with E-state index >= 15 is 0 Å². The van der Waals surface area contributed by atoms with Crippen LogP contribution in [-0.2, 0) is 9.59 Å². The highest BCUT2D eigenvalue weighted by atomic mass is 16.5. The van der Waals surface area contributed by atoms with Gasteiger partial charge >= 0.3 is 0 Å². The van der Waals surface area contributed by atoms with E-state index in [9.17, 15) is 9.59 Å². The van der Waals surface area contributed by atoms with E-state index in [0.717, 1.165) is 30.8 Å². The first-order valence-electron chi connectivity index (χ1n) is 11.9. The largest absolute Gasteiger partial charge is 0.497 e. The summed E-state index contributed by atoms with van der Waals surface area (Å²) in [5, 5.41) is 6.06. The number of carbonyl (C=O) groups is 2. The lowest BCUT2D eigenvalue weighted by Crippen LogP contribution is -2.55. The second-order valence-electron chi connectivity index (χ2n) is 10.1. The normalized spacial score (nSPS) is 27.3. The van der Waals surface area contributed by atoms with E-state index < -0.39 is 5.92 Å². The van der Waals surface area contributed by atoms with Crippen molar-refractivity contribution in [3.8, 4) is 11.5 Å². The smallest absolute Gasteiger partial charge is 0.237 e. The maximum Gasteiger partial charge on any atom is 0.237 e. The second-order valence-corrected chi connectivity index (χ2v) is 10.1. The molecule has 0 heterocycles. The molecule has 0 unspecified atom stereocenters. The van der Waals surface area contributed by atoms with Crippen molar-refractivity contribution >= 4 is 23.2 Å². The van der Waals surface area contributed by atoms with Crippen LogP contribution in [0.25, 0.3) is 0 Å². The van der Waals surface area contributed by atoms with Crippen LogP contribution in [-0.4, -0.2) is 26.0 Å². The van der Waals surface area contributed by atoms with E-state index in [0.29, 0.717) is 29.1 Å². The second kappa shape index (κ2) is 8.73. The Balaban J connectivity index is 1.42. The molecule has 0 aromatic heterocycles. The van der Waals surface area contributed by atoms with Crippen molar-refractivity contribution in [3.05, 3.63) is 48.5 Å². The molecule has 6 heteroatoms. The minimum atomic E-state index is -0.727. The summed E-state index contributed by atoms with van der Waals surface area (Å²) in [6, 6.07) is 14.5. The Morgan fingerprint density at radius 2 is 1.09 bits per heavy atom. The summed E-state index contributed by atoms with van der Waals surface area (Å²) < 4.78 is 10.4. The lowest BCUT2D eigenvalue weighted by atomic mass is 9.46. The van der Waals surface area contributed by atoms with E-state index in [4.69, 9.17) is 9.47 Å². The van der Waals surface area contributed by atoms with Crippen molar-refractivity contribution in [1.29, 1.82) is 0 Å². The minimum Gasteiger partial charge on any atom is -0.497 e. The average molecular weight is 449 g/mol. The Morgan fingerprint density at radius 1 is 0.727 bits per heavy atom. The molecule has 4 saturated carbocycles. The zero-order valence-corrected chi connectivity index (χ0v) is 19.3. The van der Waals surface area contributed by atoms with Gasteiger partial charge < -0.3 is 20.1 Å². The number of ether oxygens (including phenoxy) is 2. The SMILES string of the molecule is COc1ccc(NC(=O)C(C(=O)Nc2ccc(OC)cc2)C23CC4CC(CC(C4)C2)C3)cc1. The third-order valence-corrected chi connectivity index (χ3v) is 7.94. The number of anilines is 2. The van der Waals surface area contributed by atoms with Gasteiger partial charge in [0.2, 0.25) is 11.8 Å². The van der Waals surface area contributed by atoms with Crippen LogP contribution in [0.15, 0.2) is 48.5 Å². The van der Waals surface area contributed by atoms with Crippen LogP contribution in [0.2, 0.25) is 0 Å². The van der Waals surface area contributed by atoms with Crippen LogP contribution in [0.5, 0.6) is 11.5 Å². The number of benzene rings is 2. The molecule has 2 aromatic carbocycles. The first-order valence-corrected chi connectivity index (χ1v) is 11.9. The predicted octanol–water partition coefficient (Wildman–Crippen LogP) is 5.11. The van der Waals surface area contributed by atoms with Crippen molar-refractivity contribution in [2.45, 2.75) is 38.5 Å². The quantitative estimate of drug-likeness (QED) is 0.577. The number of rotatable bonds is 7. The fourth-order valence-corrected chi connectivity index (χ4v) is 6.98. The molecule has 0 aliphatic heterocycles. The van der Waals surface area contributed by atoms with Gasteiger partial charge in [-0.25, -0.2) is 0 Å². The zero-order chi connectivity index (χ0) is 23.0. The topological polar surface area (TPSA) is 76.7 Å². The fourth-order valence-electron chi connectivity index (χ4n) is 6.98. The molecule has 0 atom stereocenters. The van der Waals surface area contributed by atoms with Crippen molar-refractivity contribution in [2.24, 2.45) is 29.1 Å². The molecule has 6 nitrogen and oxygen atoms in total. The van der Waals surface area contributed by atoms with E-state index in [2.05, 4.69) is 10.6 Å². The van der Waals surface area contributed by atoms with Crippen molar-refractivity contribution in [3.63, 3.8) is 0 Å². The first kappa shape index (κ1) is 21.8. The van der Waals surface area contributed by atoms with Gasteiger partial charge in [0, 0.05) is 11.4 Å². The molecule has 2 amide bonds. The maximum absolute atomic E-state index is 13.7. The molecule has 2 aromatic rings. The molecule has 0 radical (unpaired) electrons. The molecule has 33 heavy (non-hydrogen) atoms. The van der Waals surface area contributed by atoms with Gasteiger partial charge in [0.25, 0.3) is 0 Å². The lowest BCUT2D eigenvalue weighted by Gasteiger charge is -2.58. The Bertz CT molecular complexity index is 919. The summed E-state index contributed by atoms with van der Waals surface area (Å²) in [6.07, 6.45) is 6.67. The molecule has 174 valence electrons. The molecule has 6 rings (SSSR count). The van der Waals surface area contributed by atoms with Crippen LogP contribution in [0.3, 0.4) is 0 Å². The number of amides is 2. The summed E-state index contributed by atoms with van der Waals surface area (Å²) in [4.78, 5) is 27.4. The molecule has 2 N–H and O–H groups in total. The minimum absolute atomic E-state index is 0.215. The van der Waals surface area contributed by atoms with Gasteiger partial charge in [-0.3, -0.25) is 9.59 Å². The van der Waals surface area contributed by atoms with Crippen molar-refractivity contribution < 1.29 is 19.1 Å². The third-order valence-electron chi connectivity index (χ3n) is 7.94. The number of carbonyl (C=O) groups excluding carboxylic acids is 2. The number of hydrogen-bond donors (Lipinski definition) is 2. The van der Waals surface area contributed by atoms with Crippen molar-refractivity contribution in [2.75, 3.05) is 24.9 Å². The Labute approximate surface area is 195 Å². The number of nitrogens with one attached hydrogen (secondary N) is 2. The summed E-state index contributed by atoms with van der Waals surface area (Å²) in [7, 11) is 3.22. The Morgan fingerprint density at radius 3 is 1.42 bits per heavy atom. The predicted molar refractivity (Wildman–Crippen MR) is 127 cm³/mol. The van der Waals surface area contributed by atoms with Gasteiger partial charge in [-0.2, -0.15) is 0 Å². The summed E-state index contributed by atoms with van der Waals surface area (Å²) >= 11 is 0. The van der Waals surface area contributed by atoms with Crippen LogP contribution in [0.1, 0.15) is 38.5 Å². The summed E-state index contributed by atoms with van der Waals surface area (Å²) in [5.74, 6) is 2.21. The van der Waals surface area contributed by atoms with E-state index in [1.807, 2.05) is 48.5 Å². The third kappa shape index (κ3) is 4.31. The molecular formula is C27H32N2O4. The highest BCUT2D eigenvalue weighted by molar-refractivity contribution is 6.11. The maximum atomic E-state index is 13.7.